The Kier molecular flexibility index (Phi) is 6.33. The second kappa shape index (κ2) is 8.72. The molecule has 8 nitrogen and oxygen atoms in total. The van der Waals surface area contributed by atoms with E-state index >= 15 is 0 Å². The molecule has 1 aromatic rings. The summed E-state index contributed by atoms with van der Waals surface area (Å²) in [6, 6.07) is 3.04. The van der Waals surface area contributed by atoms with Crippen LogP contribution in [-0.4, -0.2) is 71.6 Å². The highest BCUT2D eigenvalue weighted by Crippen LogP contribution is 2.40. The highest BCUT2D eigenvalue weighted by Gasteiger charge is 2.43. The number of nitrogens with zero attached hydrogens (tertiary/aromatic N) is 2. The summed E-state index contributed by atoms with van der Waals surface area (Å²) in [7, 11) is 0. The number of rotatable bonds is 8. The van der Waals surface area contributed by atoms with Crippen molar-refractivity contribution in [2.45, 2.75) is 26.8 Å². The normalized spacial score (nSPS) is 17.0. The Labute approximate surface area is 168 Å². The average Bonchev–Trinajstić information content (AvgIpc) is 2.95. The van der Waals surface area contributed by atoms with E-state index in [0.29, 0.717) is 55.7 Å². The van der Waals surface area contributed by atoms with Gasteiger partial charge < -0.3 is 19.1 Å². The van der Waals surface area contributed by atoms with Gasteiger partial charge in [-0.1, -0.05) is 11.8 Å². The predicted molar refractivity (Wildman–Crippen MR) is 104 cm³/mol. The van der Waals surface area contributed by atoms with Gasteiger partial charge in [-0.3, -0.25) is 19.3 Å². The maximum Gasteiger partial charge on any atom is 0.289 e. The minimum Gasteiger partial charge on any atom is -0.490 e. The van der Waals surface area contributed by atoms with Gasteiger partial charge in [0.2, 0.25) is 11.7 Å². The molecule has 0 aromatic heterocycles. The molecule has 0 unspecified atom stereocenters. The lowest BCUT2D eigenvalue weighted by molar-refractivity contribution is -0.128. The number of carbonyl (C=O) groups is 3. The first-order chi connectivity index (χ1) is 13.5. The van der Waals surface area contributed by atoms with Gasteiger partial charge in [0.05, 0.1) is 31.6 Å². The fourth-order valence-electron chi connectivity index (χ4n) is 3.20. The molecule has 152 valence electrons. The SMILES string of the molecule is CCOc1cc(C(=O)N2CC(N3C(=O)CSC3=O)C2)cc(OCC)c1OCC. The van der Waals surface area contributed by atoms with Gasteiger partial charge in [0, 0.05) is 18.7 Å². The van der Waals surface area contributed by atoms with Crippen molar-refractivity contribution in [2.75, 3.05) is 38.7 Å². The first kappa shape index (κ1) is 20.3. The van der Waals surface area contributed by atoms with Gasteiger partial charge >= 0.3 is 0 Å². The van der Waals surface area contributed by atoms with Gasteiger partial charge in [0.25, 0.3) is 11.1 Å². The molecule has 2 saturated heterocycles. The maximum atomic E-state index is 12.9. The number of thioether (sulfide) groups is 1. The summed E-state index contributed by atoms with van der Waals surface area (Å²) in [5, 5.41) is -0.236. The molecule has 0 radical (unpaired) electrons. The molecule has 0 aliphatic carbocycles. The molecule has 1 aromatic carbocycles. The maximum absolute atomic E-state index is 12.9. The molecule has 2 aliphatic heterocycles. The molecule has 2 aliphatic rings. The van der Waals surface area contributed by atoms with Crippen molar-refractivity contribution >= 4 is 28.8 Å². The van der Waals surface area contributed by atoms with Crippen molar-refractivity contribution in [1.29, 1.82) is 0 Å². The van der Waals surface area contributed by atoms with E-state index in [1.807, 2.05) is 20.8 Å². The van der Waals surface area contributed by atoms with Gasteiger partial charge in [-0.05, 0) is 32.9 Å². The third-order valence-electron chi connectivity index (χ3n) is 4.46. The summed E-state index contributed by atoms with van der Waals surface area (Å²) in [5.41, 5.74) is 0.419. The minimum atomic E-state index is -0.251. The van der Waals surface area contributed by atoms with E-state index in [-0.39, 0.29) is 28.8 Å². The van der Waals surface area contributed by atoms with Crippen molar-refractivity contribution in [3.05, 3.63) is 17.7 Å². The summed E-state index contributed by atoms with van der Waals surface area (Å²) in [4.78, 5) is 39.4. The quantitative estimate of drug-likeness (QED) is 0.653. The molecule has 0 spiro atoms. The first-order valence-electron chi connectivity index (χ1n) is 9.34. The standard InChI is InChI=1S/C19H24N2O6S/c1-4-25-14-7-12(8-15(26-5-2)17(14)27-6-3)18(23)20-9-13(10-20)21-16(22)11-28-19(21)24/h7-8,13H,4-6,9-11H2,1-3H3. The van der Waals surface area contributed by atoms with E-state index in [9.17, 15) is 14.4 Å². The number of imide groups is 1. The molecular weight excluding hydrogens is 384 g/mol. The molecule has 0 atom stereocenters. The van der Waals surface area contributed by atoms with E-state index < -0.39 is 0 Å². The van der Waals surface area contributed by atoms with Crippen LogP contribution in [0.3, 0.4) is 0 Å². The molecule has 0 bridgehead atoms. The van der Waals surface area contributed by atoms with E-state index in [1.165, 1.54) is 4.90 Å². The topological polar surface area (TPSA) is 85.4 Å². The zero-order valence-electron chi connectivity index (χ0n) is 16.2. The average molecular weight is 408 g/mol. The third-order valence-corrected chi connectivity index (χ3v) is 5.29. The first-order valence-corrected chi connectivity index (χ1v) is 10.3. The predicted octanol–water partition coefficient (Wildman–Crippen LogP) is 2.40. The molecule has 9 heteroatoms. The van der Waals surface area contributed by atoms with Gasteiger partial charge in [-0.2, -0.15) is 0 Å². The summed E-state index contributed by atoms with van der Waals surface area (Å²) in [6.45, 7) is 7.52. The fourth-order valence-corrected chi connectivity index (χ4v) is 3.97. The van der Waals surface area contributed by atoms with E-state index in [1.54, 1.807) is 17.0 Å². The summed E-state index contributed by atoms with van der Waals surface area (Å²) >= 11 is 1.01. The van der Waals surface area contributed by atoms with Crippen molar-refractivity contribution in [1.82, 2.24) is 9.80 Å². The van der Waals surface area contributed by atoms with Crippen LogP contribution in [0.1, 0.15) is 31.1 Å². The summed E-state index contributed by atoms with van der Waals surface area (Å²) in [5.74, 6) is 1.18. The third kappa shape index (κ3) is 3.89. The Hall–Kier alpha value is -2.42. The van der Waals surface area contributed by atoms with Crippen molar-refractivity contribution in [3.63, 3.8) is 0 Å². The number of amides is 3. The smallest absolute Gasteiger partial charge is 0.289 e. The van der Waals surface area contributed by atoms with Crippen LogP contribution >= 0.6 is 11.8 Å². The Morgan fingerprint density at radius 3 is 2.07 bits per heavy atom. The summed E-state index contributed by atoms with van der Waals surface area (Å²) in [6.07, 6.45) is 0. The lowest BCUT2D eigenvalue weighted by atomic mass is 10.0. The lowest BCUT2D eigenvalue weighted by Crippen LogP contribution is -2.62. The highest BCUT2D eigenvalue weighted by atomic mass is 32.2. The molecule has 3 rings (SSSR count). The van der Waals surface area contributed by atoms with Crippen molar-refractivity contribution < 1.29 is 28.6 Å². The van der Waals surface area contributed by atoms with Crippen LogP contribution in [-0.2, 0) is 4.79 Å². The second-order valence-corrected chi connectivity index (χ2v) is 7.21. The number of hydrogen-bond donors (Lipinski definition) is 0. The molecule has 2 fully saturated rings. The number of ether oxygens (including phenoxy) is 3. The molecule has 28 heavy (non-hydrogen) atoms. The largest absolute Gasteiger partial charge is 0.490 e. The van der Waals surface area contributed by atoms with Crippen LogP contribution in [0.25, 0.3) is 0 Å². The second-order valence-electron chi connectivity index (χ2n) is 6.28. The Morgan fingerprint density at radius 2 is 1.61 bits per heavy atom. The molecule has 3 amide bonds. The fraction of sp³-hybridized carbons (Fsp3) is 0.526. The minimum absolute atomic E-state index is 0.178. The van der Waals surface area contributed by atoms with Crippen LogP contribution in [0.4, 0.5) is 4.79 Å². The lowest BCUT2D eigenvalue weighted by Gasteiger charge is -2.42. The van der Waals surface area contributed by atoms with Gasteiger partial charge in [0.15, 0.2) is 11.5 Å². The van der Waals surface area contributed by atoms with E-state index in [2.05, 4.69) is 0 Å². The Balaban J connectivity index is 1.78. The van der Waals surface area contributed by atoms with Gasteiger partial charge in [-0.15, -0.1) is 0 Å². The van der Waals surface area contributed by atoms with Crippen LogP contribution in [0.15, 0.2) is 12.1 Å². The zero-order chi connectivity index (χ0) is 20.3. The highest BCUT2D eigenvalue weighted by molar-refractivity contribution is 8.14. The number of benzene rings is 1. The number of likely N-dealkylation sites (tertiary alicyclic amines) is 1. The molecule has 2 heterocycles. The Bertz CT molecular complexity index is 735. The molecule has 0 saturated carbocycles. The summed E-state index contributed by atoms with van der Waals surface area (Å²) < 4.78 is 17.0. The van der Waals surface area contributed by atoms with Crippen LogP contribution in [0.2, 0.25) is 0 Å². The number of hydrogen-bond acceptors (Lipinski definition) is 7. The monoisotopic (exact) mass is 408 g/mol. The van der Waals surface area contributed by atoms with Gasteiger partial charge in [-0.25, -0.2) is 0 Å². The van der Waals surface area contributed by atoms with E-state index in [4.69, 9.17) is 14.2 Å². The molecule has 0 N–H and O–H groups in total. The van der Waals surface area contributed by atoms with Crippen LogP contribution < -0.4 is 14.2 Å². The van der Waals surface area contributed by atoms with E-state index in [0.717, 1.165) is 11.8 Å². The van der Waals surface area contributed by atoms with Crippen LogP contribution in [0.5, 0.6) is 17.2 Å². The zero-order valence-corrected chi connectivity index (χ0v) is 17.0. The van der Waals surface area contributed by atoms with Crippen molar-refractivity contribution in [3.8, 4) is 17.2 Å². The number of carbonyl (C=O) groups excluding carboxylic acids is 3. The van der Waals surface area contributed by atoms with Gasteiger partial charge in [0.1, 0.15) is 0 Å². The molecular formula is C19H24N2O6S. The van der Waals surface area contributed by atoms with Crippen LogP contribution in [0, 0.1) is 0 Å². The van der Waals surface area contributed by atoms with Crippen molar-refractivity contribution in [2.24, 2.45) is 0 Å². The Morgan fingerprint density at radius 1 is 1.04 bits per heavy atom.